The summed E-state index contributed by atoms with van der Waals surface area (Å²) in [6.07, 6.45) is 3.92. The van der Waals surface area contributed by atoms with Gasteiger partial charge >= 0.3 is 0 Å². The molecule has 1 N–H and O–H groups in total. The van der Waals surface area contributed by atoms with Crippen molar-refractivity contribution in [3.8, 4) is 0 Å². The zero-order valence-corrected chi connectivity index (χ0v) is 12.5. The number of H-pyrrole nitrogens is 1. The Labute approximate surface area is 129 Å². The van der Waals surface area contributed by atoms with Gasteiger partial charge in [0, 0.05) is 37.6 Å². The molecule has 5 nitrogen and oxygen atoms in total. The van der Waals surface area contributed by atoms with Crippen molar-refractivity contribution < 1.29 is 14.3 Å². The van der Waals surface area contributed by atoms with Crippen molar-refractivity contribution in [1.82, 2.24) is 9.88 Å². The van der Waals surface area contributed by atoms with Crippen molar-refractivity contribution >= 4 is 16.8 Å². The molecule has 2 aromatic rings. The Morgan fingerprint density at radius 3 is 2.73 bits per heavy atom. The van der Waals surface area contributed by atoms with E-state index in [0.717, 1.165) is 29.3 Å². The van der Waals surface area contributed by atoms with Crippen LogP contribution in [-0.2, 0) is 20.7 Å². The first-order valence-corrected chi connectivity index (χ1v) is 7.86. The smallest absolute Gasteiger partial charge is 0.226 e. The summed E-state index contributed by atoms with van der Waals surface area (Å²) in [4.78, 5) is 17.6. The topological polar surface area (TPSA) is 54.6 Å². The summed E-state index contributed by atoms with van der Waals surface area (Å²) >= 11 is 0. The van der Waals surface area contributed by atoms with E-state index in [2.05, 4.69) is 11.1 Å². The first-order chi connectivity index (χ1) is 10.7. The summed E-state index contributed by atoms with van der Waals surface area (Å²) in [7, 11) is 0. The molecule has 2 fully saturated rings. The third kappa shape index (κ3) is 2.51. The zero-order valence-electron chi connectivity index (χ0n) is 12.5. The number of carbonyl (C=O) groups is 1. The lowest BCUT2D eigenvalue weighted by molar-refractivity contribution is -0.187. The normalized spacial score (nSPS) is 20.8. The summed E-state index contributed by atoms with van der Waals surface area (Å²) in [5.41, 5.74) is 2.16. The monoisotopic (exact) mass is 300 g/mol. The number of carbonyl (C=O) groups excluding carboxylic acids is 1. The van der Waals surface area contributed by atoms with E-state index in [4.69, 9.17) is 9.47 Å². The van der Waals surface area contributed by atoms with Gasteiger partial charge in [-0.15, -0.1) is 0 Å². The number of benzene rings is 1. The molecule has 0 atom stereocenters. The van der Waals surface area contributed by atoms with Gasteiger partial charge in [-0.2, -0.15) is 0 Å². The van der Waals surface area contributed by atoms with Crippen LogP contribution in [0.1, 0.15) is 18.4 Å². The van der Waals surface area contributed by atoms with E-state index in [1.165, 1.54) is 0 Å². The first-order valence-electron chi connectivity index (χ1n) is 7.86. The molecule has 2 aliphatic rings. The highest BCUT2D eigenvalue weighted by Crippen LogP contribution is 2.31. The maximum Gasteiger partial charge on any atom is 0.226 e. The molecule has 2 aliphatic heterocycles. The van der Waals surface area contributed by atoms with Crippen molar-refractivity contribution in [3.63, 3.8) is 0 Å². The van der Waals surface area contributed by atoms with Crippen molar-refractivity contribution in [3.05, 3.63) is 36.0 Å². The van der Waals surface area contributed by atoms with Gasteiger partial charge in [-0.1, -0.05) is 6.07 Å². The number of aromatic amines is 1. The molecule has 1 aromatic carbocycles. The molecule has 0 bridgehead atoms. The standard InChI is InChI=1S/C17H20N2O3/c20-16(12-13-1-2-15-14(11-13)3-6-18-15)19-7-4-17(5-8-19)21-9-10-22-17/h1-3,6,11,18H,4-5,7-10,12H2. The van der Waals surface area contributed by atoms with Gasteiger partial charge < -0.3 is 19.4 Å². The maximum atomic E-state index is 12.5. The number of nitrogens with zero attached hydrogens (tertiary/aromatic N) is 1. The fraction of sp³-hybridized carbons (Fsp3) is 0.471. The van der Waals surface area contributed by atoms with E-state index in [1.54, 1.807) is 0 Å². The van der Waals surface area contributed by atoms with Gasteiger partial charge in [-0.25, -0.2) is 0 Å². The Hall–Kier alpha value is -1.85. The minimum absolute atomic E-state index is 0.183. The number of amides is 1. The molecule has 1 spiro atoms. The highest BCUT2D eigenvalue weighted by molar-refractivity contribution is 5.83. The highest BCUT2D eigenvalue weighted by atomic mass is 16.7. The van der Waals surface area contributed by atoms with Crippen LogP contribution in [0.4, 0.5) is 0 Å². The van der Waals surface area contributed by atoms with Crippen LogP contribution in [0.5, 0.6) is 0 Å². The van der Waals surface area contributed by atoms with E-state index >= 15 is 0 Å². The Morgan fingerprint density at radius 2 is 1.95 bits per heavy atom. The second-order valence-electron chi connectivity index (χ2n) is 6.06. The number of ether oxygens (including phenoxy) is 2. The maximum absolute atomic E-state index is 12.5. The van der Waals surface area contributed by atoms with Crippen LogP contribution in [0.25, 0.3) is 10.9 Å². The largest absolute Gasteiger partial charge is 0.361 e. The highest BCUT2D eigenvalue weighted by Gasteiger charge is 2.40. The number of hydrogen-bond donors (Lipinski definition) is 1. The van der Waals surface area contributed by atoms with Crippen molar-refractivity contribution in [2.24, 2.45) is 0 Å². The lowest BCUT2D eigenvalue weighted by Crippen LogP contribution is -2.47. The molecule has 5 heteroatoms. The van der Waals surface area contributed by atoms with Crippen molar-refractivity contribution in [2.75, 3.05) is 26.3 Å². The molecule has 1 aromatic heterocycles. The summed E-state index contributed by atoms with van der Waals surface area (Å²) < 4.78 is 11.4. The van der Waals surface area contributed by atoms with E-state index in [1.807, 2.05) is 29.3 Å². The molecule has 3 heterocycles. The van der Waals surface area contributed by atoms with Gasteiger partial charge in [0.15, 0.2) is 5.79 Å². The predicted molar refractivity (Wildman–Crippen MR) is 82.5 cm³/mol. The van der Waals surface area contributed by atoms with E-state index in [0.29, 0.717) is 32.7 Å². The van der Waals surface area contributed by atoms with Gasteiger partial charge in [0.1, 0.15) is 0 Å². The third-order valence-electron chi connectivity index (χ3n) is 4.66. The van der Waals surface area contributed by atoms with Crippen molar-refractivity contribution in [1.29, 1.82) is 0 Å². The number of nitrogens with one attached hydrogen (secondary N) is 1. The molecule has 1 amide bonds. The Balaban J connectivity index is 1.40. The van der Waals surface area contributed by atoms with Crippen LogP contribution >= 0.6 is 0 Å². The fourth-order valence-corrected chi connectivity index (χ4v) is 3.38. The van der Waals surface area contributed by atoms with Crippen LogP contribution in [-0.4, -0.2) is 47.9 Å². The van der Waals surface area contributed by atoms with Crippen LogP contribution in [0, 0.1) is 0 Å². The first kappa shape index (κ1) is 13.8. The van der Waals surface area contributed by atoms with E-state index < -0.39 is 5.79 Å². The molecule has 0 saturated carbocycles. The van der Waals surface area contributed by atoms with Gasteiger partial charge in [-0.3, -0.25) is 4.79 Å². The van der Waals surface area contributed by atoms with Gasteiger partial charge in [-0.05, 0) is 29.1 Å². The van der Waals surface area contributed by atoms with E-state index in [9.17, 15) is 4.79 Å². The quantitative estimate of drug-likeness (QED) is 0.924. The van der Waals surface area contributed by atoms with Crippen LogP contribution in [0.15, 0.2) is 30.5 Å². The van der Waals surface area contributed by atoms with Crippen molar-refractivity contribution in [2.45, 2.75) is 25.0 Å². The predicted octanol–water partition coefficient (Wildman–Crippen LogP) is 2.08. The SMILES string of the molecule is O=C(Cc1ccc2[nH]ccc2c1)N1CCC2(CC1)OCCO2. The average Bonchev–Trinajstić information content (AvgIpc) is 3.17. The Kier molecular flexibility index (Phi) is 3.39. The molecule has 0 radical (unpaired) electrons. The fourth-order valence-electron chi connectivity index (χ4n) is 3.38. The molecule has 0 unspecified atom stereocenters. The van der Waals surface area contributed by atoms with E-state index in [-0.39, 0.29) is 5.91 Å². The molecule has 116 valence electrons. The summed E-state index contributed by atoms with van der Waals surface area (Å²) in [6.45, 7) is 2.77. The zero-order chi connectivity index (χ0) is 15.0. The minimum atomic E-state index is -0.416. The number of rotatable bonds is 2. The number of aromatic nitrogens is 1. The lowest BCUT2D eigenvalue weighted by Gasteiger charge is -2.37. The summed E-state index contributed by atoms with van der Waals surface area (Å²) in [6, 6.07) is 8.16. The van der Waals surface area contributed by atoms with Crippen LogP contribution in [0.2, 0.25) is 0 Å². The minimum Gasteiger partial charge on any atom is -0.361 e. The number of hydrogen-bond acceptors (Lipinski definition) is 3. The van der Waals surface area contributed by atoms with Gasteiger partial charge in [0.2, 0.25) is 5.91 Å². The number of piperidine rings is 1. The number of fused-ring (bicyclic) bond motifs is 1. The summed E-state index contributed by atoms with van der Waals surface area (Å²) in [5.74, 6) is -0.233. The average molecular weight is 300 g/mol. The molecular formula is C17H20N2O3. The molecule has 4 rings (SSSR count). The van der Waals surface area contributed by atoms with Crippen LogP contribution in [0.3, 0.4) is 0 Å². The molecular weight excluding hydrogens is 280 g/mol. The molecule has 22 heavy (non-hydrogen) atoms. The van der Waals surface area contributed by atoms with Gasteiger partial charge in [0.05, 0.1) is 19.6 Å². The number of likely N-dealkylation sites (tertiary alicyclic amines) is 1. The van der Waals surface area contributed by atoms with Gasteiger partial charge in [0.25, 0.3) is 0 Å². The second kappa shape index (κ2) is 5.41. The molecule has 2 saturated heterocycles. The summed E-state index contributed by atoms with van der Waals surface area (Å²) in [5, 5.41) is 1.15. The van der Waals surface area contributed by atoms with Crippen LogP contribution < -0.4 is 0 Å². The lowest BCUT2D eigenvalue weighted by atomic mass is 10.0. The Bertz CT molecular complexity index is 678. The second-order valence-corrected chi connectivity index (χ2v) is 6.06. The third-order valence-corrected chi connectivity index (χ3v) is 4.66. The Morgan fingerprint density at radius 1 is 1.18 bits per heavy atom. The molecule has 0 aliphatic carbocycles.